The normalized spacial score (nSPS) is 14.1. The Morgan fingerprint density at radius 2 is 1.52 bits per heavy atom. The monoisotopic (exact) mass is 457 g/mol. The molecule has 184 valence electrons. The summed E-state index contributed by atoms with van der Waals surface area (Å²) >= 11 is 0. The Hall–Kier alpha value is -2.40. The van der Waals surface area contributed by atoms with Gasteiger partial charge in [-0.3, -0.25) is 0 Å². The number of rotatable bonds is 4. The van der Waals surface area contributed by atoms with Crippen LogP contribution in [-0.2, 0) is 17.7 Å². The van der Waals surface area contributed by atoms with E-state index in [-0.39, 0.29) is 5.82 Å². The van der Waals surface area contributed by atoms with Crippen molar-refractivity contribution in [2.24, 2.45) is 4.99 Å². The molecule has 2 aromatic rings. The van der Waals surface area contributed by atoms with Crippen molar-refractivity contribution in [1.29, 1.82) is 0 Å². The van der Waals surface area contributed by atoms with Crippen molar-refractivity contribution >= 4 is 6.02 Å². The van der Waals surface area contributed by atoms with Gasteiger partial charge in [-0.25, -0.2) is 9.38 Å². The third-order valence-corrected chi connectivity index (χ3v) is 5.30. The van der Waals surface area contributed by atoms with Gasteiger partial charge in [0.1, 0.15) is 5.82 Å². The van der Waals surface area contributed by atoms with Crippen LogP contribution in [0.2, 0.25) is 0 Å². The molecule has 0 spiro atoms. The van der Waals surface area contributed by atoms with E-state index in [4.69, 9.17) is 4.74 Å². The molecule has 0 amide bonds. The summed E-state index contributed by atoms with van der Waals surface area (Å²) in [4.78, 5) is 6.55. The fourth-order valence-electron chi connectivity index (χ4n) is 3.14. The average molecular weight is 458 g/mol. The molecule has 4 rings (SSSR count). The number of halogens is 1. The summed E-state index contributed by atoms with van der Waals surface area (Å²) < 4.78 is 17.7. The van der Waals surface area contributed by atoms with Gasteiger partial charge in [0.25, 0.3) is 6.02 Å². The van der Waals surface area contributed by atoms with Gasteiger partial charge < -0.3 is 15.0 Å². The van der Waals surface area contributed by atoms with Crippen molar-refractivity contribution in [1.82, 2.24) is 10.2 Å². The number of hydrogen-bond donors (Lipinski definition) is 1. The van der Waals surface area contributed by atoms with E-state index >= 15 is 0 Å². The lowest BCUT2D eigenvalue weighted by Crippen LogP contribution is -2.37. The lowest BCUT2D eigenvalue weighted by atomic mass is 10.0. The highest BCUT2D eigenvalue weighted by Crippen LogP contribution is 2.19. The average Bonchev–Trinajstić information content (AvgIpc) is 2.79. The van der Waals surface area contributed by atoms with Gasteiger partial charge in [-0.1, -0.05) is 87.9 Å². The summed E-state index contributed by atoms with van der Waals surface area (Å²) in [6.07, 6.45) is 10.6. The molecule has 2 aromatic carbocycles. The van der Waals surface area contributed by atoms with Crippen LogP contribution in [-0.4, -0.2) is 45.2 Å². The Morgan fingerprint density at radius 1 is 0.939 bits per heavy atom. The first kappa shape index (κ1) is 28.6. The SMILES string of the molecule is C1CCC1.CCCCCOC(=NC)N1CCc2ccccc2C1.CNC.Fc1ccccc1. The lowest BCUT2D eigenvalue weighted by Gasteiger charge is -2.30. The Bertz CT molecular complexity index is 744. The van der Waals surface area contributed by atoms with E-state index in [1.165, 1.54) is 61.8 Å². The van der Waals surface area contributed by atoms with Gasteiger partial charge >= 0.3 is 0 Å². The number of nitrogens with one attached hydrogen (secondary N) is 1. The maximum Gasteiger partial charge on any atom is 0.287 e. The smallest absolute Gasteiger partial charge is 0.287 e. The van der Waals surface area contributed by atoms with Crippen LogP contribution in [0.3, 0.4) is 0 Å². The van der Waals surface area contributed by atoms with Crippen LogP contribution in [0.4, 0.5) is 4.39 Å². The highest BCUT2D eigenvalue weighted by molar-refractivity contribution is 5.74. The highest BCUT2D eigenvalue weighted by Gasteiger charge is 2.19. The van der Waals surface area contributed by atoms with Gasteiger partial charge in [0.05, 0.1) is 6.61 Å². The fraction of sp³-hybridized carbons (Fsp3) is 0.536. The minimum Gasteiger partial charge on any atom is -0.465 e. The number of ether oxygens (including phenoxy) is 1. The molecular weight excluding hydrogens is 413 g/mol. The molecule has 5 heteroatoms. The molecule has 1 saturated carbocycles. The van der Waals surface area contributed by atoms with Crippen LogP contribution in [0.1, 0.15) is 63.0 Å². The molecule has 1 aliphatic carbocycles. The maximum absolute atomic E-state index is 11.9. The number of aliphatic imine (C=N–C) groups is 1. The third kappa shape index (κ3) is 13.0. The Labute approximate surface area is 201 Å². The number of hydrogen-bond acceptors (Lipinski definition) is 3. The van der Waals surface area contributed by atoms with Crippen molar-refractivity contribution in [2.45, 2.75) is 64.8 Å². The van der Waals surface area contributed by atoms with Crippen LogP contribution >= 0.6 is 0 Å². The van der Waals surface area contributed by atoms with Crippen molar-refractivity contribution in [3.63, 3.8) is 0 Å². The van der Waals surface area contributed by atoms with Gasteiger partial charge in [-0.15, -0.1) is 0 Å². The fourth-order valence-corrected chi connectivity index (χ4v) is 3.14. The maximum atomic E-state index is 11.9. The van der Waals surface area contributed by atoms with Crippen LogP contribution in [0.25, 0.3) is 0 Å². The van der Waals surface area contributed by atoms with Crippen molar-refractivity contribution in [3.8, 4) is 0 Å². The molecule has 0 radical (unpaired) electrons. The number of fused-ring (bicyclic) bond motifs is 1. The second-order valence-corrected chi connectivity index (χ2v) is 8.21. The Kier molecular flexibility index (Phi) is 16.6. The van der Waals surface area contributed by atoms with E-state index in [1.807, 2.05) is 21.1 Å². The highest BCUT2D eigenvalue weighted by atomic mass is 19.1. The van der Waals surface area contributed by atoms with E-state index in [0.29, 0.717) is 0 Å². The summed E-state index contributed by atoms with van der Waals surface area (Å²) in [6.45, 7) is 4.89. The molecular formula is C28H44FN3O. The molecule has 0 saturated heterocycles. The first-order valence-corrected chi connectivity index (χ1v) is 12.4. The first-order valence-electron chi connectivity index (χ1n) is 12.4. The second-order valence-electron chi connectivity index (χ2n) is 8.21. The quantitative estimate of drug-likeness (QED) is 0.325. The zero-order chi connectivity index (χ0) is 24.2. The van der Waals surface area contributed by atoms with Crippen molar-refractivity contribution in [3.05, 3.63) is 71.5 Å². The zero-order valence-corrected chi connectivity index (χ0v) is 21.2. The van der Waals surface area contributed by atoms with Crippen molar-refractivity contribution in [2.75, 3.05) is 34.3 Å². The zero-order valence-electron chi connectivity index (χ0n) is 21.2. The van der Waals surface area contributed by atoms with Gasteiger partial charge in [0, 0.05) is 20.1 Å². The van der Waals surface area contributed by atoms with Crippen LogP contribution in [0, 0.1) is 5.82 Å². The standard InChI is InChI=1S/C16H24N2O.C6H5F.C4H8.C2H7N/c1-3-4-7-12-19-16(17-2)18-11-10-14-8-5-6-9-15(14)13-18;7-6-4-2-1-3-5-6;1-2-4-3-1;1-3-2/h5-6,8-9H,3-4,7,10-13H2,1-2H3;1-5H;1-4H2;3H,1-2H3. The minimum atomic E-state index is -0.178. The molecule has 33 heavy (non-hydrogen) atoms. The summed E-state index contributed by atoms with van der Waals surface area (Å²) in [5.74, 6) is -0.178. The van der Waals surface area contributed by atoms with Crippen LogP contribution < -0.4 is 5.32 Å². The van der Waals surface area contributed by atoms with Gasteiger partial charge in [0.15, 0.2) is 0 Å². The molecule has 1 heterocycles. The largest absolute Gasteiger partial charge is 0.465 e. The number of amidine groups is 1. The molecule has 0 unspecified atom stereocenters. The lowest BCUT2D eigenvalue weighted by molar-refractivity contribution is 0.216. The van der Waals surface area contributed by atoms with Gasteiger partial charge in [-0.2, -0.15) is 0 Å². The third-order valence-electron chi connectivity index (χ3n) is 5.30. The second kappa shape index (κ2) is 19.1. The van der Waals surface area contributed by atoms with Gasteiger partial charge in [0.2, 0.25) is 0 Å². The van der Waals surface area contributed by atoms with Crippen LogP contribution in [0.5, 0.6) is 0 Å². The molecule has 1 N–H and O–H groups in total. The number of nitrogens with zero attached hydrogens (tertiary/aromatic N) is 2. The summed E-state index contributed by atoms with van der Waals surface area (Å²) in [5.41, 5.74) is 2.85. The predicted octanol–water partition coefficient (Wildman–Crippen LogP) is 6.46. The Morgan fingerprint density at radius 3 is 2.00 bits per heavy atom. The molecule has 0 aromatic heterocycles. The molecule has 1 aliphatic heterocycles. The summed E-state index contributed by atoms with van der Waals surface area (Å²) in [5, 5.41) is 2.75. The molecule has 0 bridgehead atoms. The van der Waals surface area contributed by atoms with E-state index in [0.717, 1.165) is 38.6 Å². The number of benzene rings is 2. The van der Waals surface area contributed by atoms with E-state index < -0.39 is 0 Å². The molecule has 2 aliphatic rings. The van der Waals surface area contributed by atoms with Crippen LogP contribution in [0.15, 0.2) is 59.6 Å². The first-order chi connectivity index (χ1) is 16.2. The molecule has 0 atom stereocenters. The van der Waals surface area contributed by atoms with Gasteiger partial charge in [-0.05, 0) is 50.2 Å². The molecule has 4 nitrogen and oxygen atoms in total. The summed E-state index contributed by atoms with van der Waals surface area (Å²) in [7, 11) is 5.57. The Balaban J connectivity index is 0.000000314. The van der Waals surface area contributed by atoms with E-state index in [2.05, 4.69) is 46.4 Å². The summed E-state index contributed by atoms with van der Waals surface area (Å²) in [6, 6.07) is 17.4. The topological polar surface area (TPSA) is 36.9 Å². The minimum absolute atomic E-state index is 0.178. The van der Waals surface area contributed by atoms with Crippen molar-refractivity contribution < 1.29 is 9.13 Å². The predicted molar refractivity (Wildman–Crippen MR) is 139 cm³/mol. The van der Waals surface area contributed by atoms with E-state index in [1.54, 1.807) is 18.2 Å². The molecule has 1 fully saturated rings. The number of unbranched alkanes of at least 4 members (excludes halogenated alkanes) is 2. The van der Waals surface area contributed by atoms with E-state index in [9.17, 15) is 4.39 Å².